The van der Waals surface area contributed by atoms with Gasteiger partial charge in [-0.15, -0.1) is 0 Å². The molecule has 8 nitrogen and oxygen atoms in total. The Morgan fingerprint density at radius 1 is 1.10 bits per heavy atom. The van der Waals surface area contributed by atoms with Crippen LogP contribution in [-0.2, 0) is 16.0 Å². The van der Waals surface area contributed by atoms with E-state index in [1.54, 1.807) is 30.3 Å². The smallest absolute Gasteiger partial charge is 0.275 e. The van der Waals surface area contributed by atoms with Gasteiger partial charge in [-0.05, 0) is 36.2 Å². The van der Waals surface area contributed by atoms with Gasteiger partial charge in [-0.1, -0.05) is 24.3 Å². The maximum atomic E-state index is 12.4. The average molecular weight is 389 g/mol. The van der Waals surface area contributed by atoms with Crippen molar-refractivity contribution in [2.45, 2.75) is 18.9 Å². The van der Waals surface area contributed by atoms with Crippen molar-refractivity contribution in [2.24, 2.45) is 5.73 Å². The number of hydrogen-bond acceptors (Lipinski definition) is 6. The first kappa shape index (κ1) is 18.7. The summed E-state index contributed by atoms with van der Waals surface area (Å²) in [6.07, 6.45) is 2.03. The van der Waals surface area contributed by atoms with E-state index in [0.717, 1.165) is 11.1 Å². The Kier molecular flexibility index (Phi) is 5.01. The molecule has 1 aliphatic heterocycles. The molecule has 4 rings (SSSR count). The topological polar surface area (TPSA) is 118 Å². The first-order valence-electron chi connectivity index (χ1n) is 9.23. The highest BCUT2D eigenvalue weighted by molar-refractivity contribution is 6.03. The standard InChI is InChI=1S/C21H19N5O3/c22-15-9-10-26(21(15)29)19(27)11-13-5-7-14(8-6-13)24-20(28)18-12-23-16-3-1-2-4-17(16)25-18/h1-8,12,15H,9-11,22H2,(H,24,28)/t15-/m1/s1. The first-order chi connectivity index (χ1) is 14.0. The summed E-state index contributed by atoms with van der Waals surface area (Å²) in [7, 11) is 0. The lowest BCUT2D eigenvalue weighted by Gasteiger charge is -2.14. The van der Waals surface area contributed by atoms with Gasteiger partial charge in [0, 0.05) is 12.2 Å². The highest BCUT2D eigenvalue weighted by Crippen LogP contribution is 2.15. The van der Waals surface area contributed by atoms with Crippen LogP contribution in [0, 0.1) is 0 Å². The van der Waals surface area contributed by atoms with Crippen molar-refractivity contribution in [3.63, 3.8) is 0 Å². The number of imide groups is 1. The third kappa shape index (κ3) is 3.97. The Labute approximate surface area is 166 Å². The van der Waals surface area contributed by atoms with E-state index >= 15 is 0 Å². The second kappa shape index (κ2) is 7.76. The molecule has 0 saturated carbocycles. The molecule has 1 atom stereocenters. The summed E-state index contributed by atoms with van der Waals surface area (Å²) in [6, 6.07) is 13.6. The summed E-state index contributed by atoms with van der Waals surface area (Å²) in [5.41, 5.74) is 8.54. The van der Waals surface area contributed by atoms with Gasteiger partial charge in [-0.2, -0.15) is 0 Å². The van der Waals surface area contributed by atoms with Gasteiger partial charge in [-0.25, -0.2) is 4.98 Å². The predicted octanol–water partition coefficient (Wildman–Crippen LogP) is 1.51. The molecule has 0 bridgehead atoms. The van der Waals surface area contributed by atoms with Gasteiger partial charge in [0.15, 0.2) is 0 Å². The summed E-state index contributed by atoms with van der Waals surface area (Å²) in [4.78, 5) is 46.3. The molecule has 3 N–H and O–H groups in total. The van der Waals surface area contributed by atoms with Crippen LogP contribution in [0.5, 0.6) is 0 Å². The molecule has 3 aromatic rings. The molecule has 2 heterocycles. The maximum Gasteiger partial charge on any atom is 0.275 e. The average Bonchev–Trinajstić information content (AvgIpc) is 3.07. The Hall–Kier alpha value is -3.65. The summed E-state index contributed by atoms with van der Waals surface area (Å²) < 4.78 is 0. The van der Waals surface area contributed by atoms with Crippen LogP contribution < -0.4 is 11.1 Å². The molecule has 1 fully saturated rings. The van der Waals surface area contributed by atoms with Crippen LogP contribution >= 0.6 is 0 Å². The Morgan fingerprint density at radius 3 is 2.52 bits per heavy atom. The molecule has 2 aromatic carbocycles. The lowest BCUT2D eigenvalue weighted by atomic mass is 10.1. The minimum atomic E-state index is -0.588. The van der Waals surface area contributed by atoms with E-state index in [1.165, 1.54) is 11.1 Å². The number of carbonyl (C=O) groups is 3. The van der Waals surface area contributed by atoms with Crippen molar-refractivity contribution in [2.75, 3.05) is 11.9 Å². The number of anilines is 1. The monoisotopic (exact) mass is 389 g/mol. The zero-order chi connectivity index (χ0) is 20.4. The summed E-state index contributed by atoms with van der Waals surface area (Å²) in [6.45, 7) is 0.361. The molecular formula is C21H19N5O3. The molecule has 146 valence electrons. The Morgan fingerprint density at radius 2 is 1.83 bits per heavy atom. The highest BCUT2D eigenvalue weighted by Gasteiger charge is 2.32. The molecule has 0 aliphatic carbocycles. The molecule has 0 radical (unpaired) electrons. The molecule has 3 amide bonds. The van der Waals surface area contributed by atoms with E-state index in [1.807, 2.05) is 18.2 Å². The molecule has 0 unspecified atom stereocenters. The van der Waals surface area contributed by atoms with E-state index in [-0.39, 0.29) is 29.8 Å². The van der Waals surface area contributed by atoms with E-state index in [0.29, 0.717) is 24.2 Å². The lowest BCUT2D eigenvalue weighted by molar-refractivity contribution is -0.141. The van der Waals surface area contributed by atoms with Gasteiger partial charge in [0.25, 0.3) is 5.91 Å². The number of amides is 3. The third-order valence-corrected chi connectivity index (χ3v) is 4.80. The fourth-order valence-corrected chi connectivity index (χ4v) is 3.19. The van der Waals surface area contributed by atoms with E-state index in [4.69, 9.17) is 5.73 Å². The van der Waals surface area contributed by atoms with E-state index < -0.39 is 6.04 Å². The molecule has 1 aliphatic rings. The highest BCUT2D eigenvalue weighted by atomic mass is 16.2. The molecular weight excluding hydrogens is 370 g/mol. The SMILES string of the molecule is N[C@@H]1CCN(C(=O)Cc2ccc(NC(=O)c3cnc4ccccc4n3)cc2)C1=O. The largest absolute Gasteiger partial charge is 0.321 e. The zero-order valence-electron chi connectivity index (χ0n) is 15.5. The number of nitrogens with zero attached hydrogens (tertiary/aromatic N) is 3. The third-order valence-electron chi connectivity index (χ3n) is 4.80. The number of likely N-dealkylation sites (tertiary alicyclic amines) is 1. The van der Waals surface area contributed by atoms with Crippen molar-refractivity contribution in [3.8, 4) is 0 Å². The Bertz CT molecular complexity index is 1100. The fourth-order valence-electron chi connectivity index (χ4n) is 3.19. The number of carbonyl (C=O) groups excluding carboxylic acids is 3. The molecule has 1 aromatic heterocycles. The van der Waals surface area contributed by atoms with Gasteiger partial charge in [0.1, 0.15) is 5.69 Å². The summed E-state index contributed by atoms with van der Waals surface area (Å²) in [5, 5.41) is 2.76. The predicted molar refractivity (Wildman–Crippen MR) is 107 cm³/mol. The van der Waals surface area contributed by atoms with Crippen LogP contribution in [0.2, 0.25) is 0 Å². The second-order valence-corrected chi connectivity index (χ2v) is 6.85. The van der Waals surface area contributed by atoms with Crippen molar-refractivity contribution < 1.29 is 14.4 Å². The fraction of sp³-hybridized carbons (Fsp3) is 0.190. The number of nitrogens with one attached hydrogen (secondary N) is 1. The number of aromatic nitrogens is 2. The number of fused-ring (bicyclic) bond motifs is 1. The van der Waals surface area contributed by atoms with Gasteiger partial charge >= 0.3 is 0 Å². The molecule has 1 saturated heterocycles. The Balaban J connectivity index is 1.40. The quantitative estimate of drug-likeness (QED) is 0.698. The number of nitrogens with two attached hydrogens (primary N) is 1. The van der Waals surface area contributed by atoms with Crippen LogP contribution in [0.1, 0.15) is 22.5 Å². The maximum absolute atomic E-state index is 12.4. The van der Waals surface area contributed by atoms with Crippen molar-refractivity contribution in [3.05, 3.63) is 66.0 Å². The van der Waals surface area contributed by atoms with Gasteiger partial charge in [0.2, 0.25) is 11.8 Å². The first-order valence-corrected chi connectivity index (χ1v) is 9.23. The molecule has 0 spiro atoms. The minimum absolute atomic E-state index is 0.100. The normalized spacial score (nSPS) is 16.2. The molecule has 8 heteroatoms. The number of rotatable bonds is 4. The van der Waals surface area contributed by atoms with E-state index in [9.17, 15) is 14.4 Å². The number of para-hydroxylation sites is 2. The van der Waals surface area contributed by atoms with Crippen molar-refractivity contribution in [1.82, 2.24) is 14.9 Å². The van der Waals surface area contributed by atoms with Crippen molar-refractivity contribution >= 4 is 34.4 Å². The van der Waals surface area contributed by atoms with Crippen LogP contribution in [0.3, 0.4) is 0 Å². The second-order valence-electron chi connectivity index (χ2n) is 6.85. The zero-order valence-corrected chi connectivity index (χ0v) is 15.5. The minimum Gasteiger partial charge on any atom is -0.321 e. The van der Waals surface area contributed by atoms with Crippen LogP contribution in [0.25, 0.3) is 11.0 Å². The lowest BCUT2D eigenvalue weighted by Crippen LogP contribution is -2.38. The molecule has 29 heavy (non-hydrogen) atoms. The van der Waals surface area contributed by atoms with Crippen LogP contribution in [-0.4, -0.2) is 45.2 Å². The van der Waals surface area contributed by atoms with Crippen molar-refractivity contribution in [1.29, 1.82) is 0 Å². The van der Waals surface area contributed by atoms with Crippen LogP contribution in [0.4, 0.5) is 5.69 Å². The number of hydrogen-bond donors (Lipinski definition) is 2. The summed E-state index contributed by atoms with van der Waals surface area (Å²) >= 11 is 0. The van der Waals surface area contributed by atoms with Gasteiger partial charge in [0.05, 0.1) is 29.7 Å². The van der Waals surface area contributed by atoms with Crippen LogP contribution in [0.15, 0.2) is 54.7 Å². The number of benzene rings is 2. The van der Waals surface area contributed by atoms with Gasteiger partial charge in [-0.3, -0.25) is 24.3 Å². The van der Waals surface area contributed by atoms with Gasteiger partial charge < -0.3 is 11.1 Å². The van der Waals surface area contributed by atoms with E-state index in [2.05, 4.69) is 15.3 Å². The summed E-state index contributed by atoms with van der Waals surface area (Å²) in [5.74, 6) is -0.967.